The molecule has 2 atom stereocenters. The first kappa shape index (κ1) is 12.4. The van der Waals surface area contributed by atoms with Crippen molar-refractivity contribution in [2.75, 3.05) is 13.2 Å². The summed E-state index contributed by atoms with van der Waals surface area (Å²) < 4.78 is 5.59. The Morgan fingerprint density at radius 2 is 2.12 bits per heavy atom. The van der Waals surface area contributed by atoms with E-state index in [4.69, 9.17) is 4.74 Å². The molecule has 3 heteroatoms. The predicted octanol–water partition coefficient (Wildman–Crippen LogP) is 1.88. The van der Waals surface area contributed by atoms with E-state index in [9.17, 15) is 5.11 Å². The number of aliphatic hydroxyl groups excluding tert-OH is 1. The molecule has 1 heterocycles. The number of hydrogen-bond donors (Lipinski definition) is 2. The topological polar surface area (TPSA) is 41.5 Å². The lowest BCUT2D eigenvalue weighted by Gasteiger charge is -2.27. The summed E-state index contributed by atoms with van der Waals surface area (Å²) in [5.41, 5.74) is 1.21. The molecule has 2 unspecified atom stereocenters. The van der Waals surface area contributed by atoms with Gasteiger partial charge in [-0.3, -0.25) is 0 Å². The highest BCUT2D eigenvalue weighted by Crippen LogP contribution is 2.14. The lowest BCUT2D eigenvalue weighted by Crippen LogP contribution is -2.45. The molecule has 0 bridgehead atoms. The smallest absolute Gasteiger partial charge is 0.119 e. The van der Waals surface area contributed by atoms with Crippen LogP contribution in [0.15, 0.2) is 24.3 Å². The Labute approximate surface area is 103 Å². The molecule has 17 heavy (non-hydrogen) atoms. The van der Waals surface area contributed by atoms with Gasteiger partial charge >= 0.3 is 0 Å². The maximum Gasteiger partial charge on any atom is 0.119 e. The molecular weight excluding hydrogens is 214 g/mol. The summed E-state index contributed by atoms with van der Waals surface area (Å²) in [6, 6.07) is 8.10. The second-order valence-corrected chi connectivity index (χ2v) is 4.75. The van der Waals surface area contributed by atoms with Gasteiger partial charge in [0.15, 0.2) is 0 Å². The molecule has 0 amide bonds. The van der Waals surface area contributed by atoms with E-state index < -0.39 is 6.10 Å². The number of hydrogen-bond acceptors (Lipinski definition) is 3. The number of nitrogens with one attached hydrogen (secondary N) is 1. The third-order valence-electron chi connectivity index (χ3n) is 3.25. The van der Waals surface area contributed by atoms with Gasteiger partial charge in [0.25, 0.3) is 0 Å². The average Bonchev–Trinajstić information content (AvgIpc) is 2.39. The van der Waals surface area contributed by atoms with Crippen molar-refractivity contribution >= 4 is 0 Å². The summed E-state index contributed by atoms with van der Waals surface area (Å²) in [5.74, 6) is 0.824. The molecule has 1 aromatic carbocycles. The van der Waals surface area contributed by atoms with Gasteiger partial charge in [0.05, 0.1) is 0 Å². The van der Waals surface area contributed by atoms with Crippen molar-refractivity contribution in [2.45, 2.75) is 38.3 Å². The summed E-state index contributed by atoms with van der Waals surface area (Å²) in [6.45, 7) is 3.41. The van der Waals surface area contributed by atoms with Crippen LogP contribution in [0.3, 0.4) is 0 Å². The molecule has 94 valence electrons. The molecule has 1 saturated heterocycles. The van der Waals surface area contributed by atoms with Crippen molar-refractivity contribution in [3.05, 3.63) is 29.8 Å². The van der Waals surface area contributed by atoms with Gasteiger partial charge in [-0.15, -0.1) is 0 Å². The Hall–Kier alpha value is -1.06. The second-order valence-electron chi connectivity index (χ2n) is 4.75. The molecule has 0 aromatic heterocycles. The zero-order valence-corrected chi connectivity index (χ0v) is 10.4. The Balaban J connectivity index is 1.78. The first-order valence-electron chi connectivity index (χ1n) is 6.36. The lowest BCUT2D eigenvalue weighted by atomic mass is 10.0. The van der Waals surface area contributed by atoms with E-state index in [2.05, 4.69) is 5.32 Å². The molecule has 1 aromatic rings. The van der Waals surface area contributed by atoms with E-state index in [1.54, 1.807) is 0 Å². The Bertz CT molecular complexity index is 331. The van der Waals surface area contributed by atoms with Crippen LogP contribution in [0.1, 0.15) is 24.8 Å². The number of ether oxygens (including phenoxy) is 1. The zero-order valence-electron chi connectivity index (χ0n) is 10.4. The molecule has 1 aliphatic rings. The largest absolute Gasteiger partial charge is 0.491 e. The minimum Gasteiger partial charge on any atom is -0.491 e. The van der Waals surface area contributed by atoms with Crippen LogP contribution in [0.5, 0.6) is 5.75 Å². The number of benzene rings is 1. The van der Waals surface area contributed by atoms with E-state index in [0.29, 0.717) is 6.61 Å². The van der Waals surface area contributed by atoms with E-state index in [0.717, 1.165) is 18.7 Å². The molecule has 0 spiro atoms. The summed E-state index contributed by atoms with van der Waals surface area (Å²) in [5, 5.41) is 13.3. The van der Waals surface area contributed by atoms with Crippen LogP contribution in [-0.2, 0) is 0 Å². The first-order chi connectivity index (χ1) is 8.25. The number of aliphatic hydroxyl groups is 1. The van der Waals surface area contributed by atoms with Crippen molar-refractivity contribution in [1.29, 1.82) is 0 Å². The average molecular weight is 235 g/mol. The Morgan fingerprint density at radius 1 is 1.35 bits per heavy atom. The van der Waals surface area contributed by atoms with Crippen molar-refractivity contribution in [3.8, 4) is 5.75 Å². The fraction of sp³-hybridized carbons (Fsp3) is 0.571. The van der Waals surface area contributed by atoms with Crippen molar-refractivity contribution in [2.24, 2.45) is 0 Å². The number of rotatable bonds is 4. The van der Waals surface area contributed by atoms with Crippen molar-refractivity contribution in [3.63, 3.8) is 0 Å². The second kappa shape index (κ2) is 6.03. The number of aryl methyl sites for hydroxylation is 1. The lowest BCUT2D eigenvalue weighted by molar-refractivity contribution is 0.0639. The molecular formula is C14H21NO2. The Kier molecular flexibility index (Phi) is 4.40. The van der Waals surface area contributed by atoms with Gasteiger partial charge < -0.3 is 15.2 Å². The van der Waals surface area contributed by atoms with Crippen LogP contribution in [0.4, 0.5) is 0 Å². The van der Waals surface area contributed by atoms with E-state index >= 15 is 0 Å². The third kappa shape index (κ3) is 3.72. The van der Waals surface area contributed by atoms with E-state index in [-0.39, 0.29) is 6.04 Å². The number of piperidine rings is 1. The SMILES string of the molecule is Cc1ccc(OCC(O)C2CCCCN2)cc1. The van der Waals surface area contributed by atoms with Gasteiger partial charge in [-0.1, -0.05) is 24.1 Å². The highest BCUT2D eigenvalue weighted by molar-refractivity contribution is 5.26. The van der Waals surface area contributed by atoms with Crippen molar-refractivity contribution < 1.29 is 9.84 Å². The maximum atomic E-state index is 10.0. The molecule has 3 nitrogen and oxygen atoms in total. The molecule has 0 aliphatic carbocycles. The predicted molar refractivity (Wildman–Crippen MR) is 68.3 cm³/mol. The molecule has 2 rings (SSSR count). The fourth-order valence-corrected chi connectivity index (χ4v) is 2.14. The minimum absolute atomic E-state index is 0.189. The van der Waals surface area contributed by atoms with Gasteiger partial charge in [-0.2, -0.15) is 0 Å². The van der Waals surface area contributed by atoms with Crippen LogP contribution < -0.4 is 10.1 Å². The van der Waals surface area contributed by atoms with Crippen LogP contribution in [0, 0.1) is 6.92 Å². The first-order valence-corrected chi connectivity index (χ1v) is 6.36. The minimum atomic E-state index is -0.420. The van der Waals surface area contributed by atoms with Gasteiger partial charge in [-0.05, 0) is 38.4 Å². The quantitative estimate of drug-likeness (QED) is 0.837. The van der Waals surface area contributed by atoms with Gasteiger partial charge in [0.1, 0.15) is 18.5 Å². The van der Waals surface area contributed by atoms with Crippen LogP contribution in [-0.4, -0.2) is 30.4 Å². The Morgan fingerprint density at radius 3 is 2.76 bits per heavy atom. The normalized spacial score (nSPS) is 22.1. The van der Waals surface area contributed by atoms with Gasteiger partial charge in [0, 0.05) is 6.04 Å². The fourth-order valence-electron chi connectivity index (χ4n) is 2.14. The highest BCUT2D eigenvalue weighted by Gasteiger charge is 2.21. The van der Waals surface area contributed by atoms with Crippen molar-refractivity contribution in [1.82, 2.24) is 5.32 Å². The summed E-state index contributed by atoms with van der Waals surface area (Å²) >= 11 is 0. The molecule has 1 fully saturated rings. The standard InChI is InChI=1S/C14H21NO2/c1-11-5-7-12(8-6-11)17-10-14(16)13-4-2-3-9-15-13/h5-8,13-16H,2-4,9-10H2,1H3. The summed E-state index contributed by atoms with van der Waals surface area (Å²) in [7, 11) is 0. The zero-order chi connectivity index (χ0) is 12.1. The maximum absolute atomic E-state index is 10.0. The van der Waals surface area contributed by atoms with E-state index in [1.165, 1.54) is 18.4 Å². The van der Waals surface area contributed by atoms with Crippen LogP contribution >= 0.6 is 0 Å². The van der Waals surface area contributed by atoms with Crippen LogP contribution in [0.2, 0.25) is 0 Å². The third-order valence-corrected chi connectivity index (χ3v) is 3.25. The van der Waals surface area contributed by atoms with E-state index in [1.807, 2.05) is 31.2 Å². The molecule has 0 saturated carbocycles. The molecule has 0 radical (unpaired) electrons. The van der Waals surface area contributed by atoms with Gasteiger partial charge in [0.2, 0.25) is 0 Å². The summed E-state index contributed by atoms with van der Waals surface area (Å²) in [4.78, 5) is 0. The monoisotopic (exact) mass is 235 g/mol. The van der Waals surface area contributed by atoms with Crippen LogP contribution in [0.25, 0.3) is 0 Å². The molecule has 1 aliphatic heterocycles. The molecule has 2 N–H and O–H groups in total. The van der Waals surface area contributed by atoms with Gasteiger partial charge in [-0.25, -0.2) is 0 Å². The summed E-state index contributed by atoms with van der Waals surface area (Å²) in [6.07, 6.45) is 3.02. The highest BCUT2D eigenvalue weighted by atomic mass is 16.5.